The van der Waals surface area contributed by atoms with Gasteiger partial charge in [0, 0.05) is 17.8 Å². The summed E-state index contributed by atoms with van der Waals surface area (Å²) < 4.78 is 18.1. The molecule has 0 aliphatic heterocycles. The van der Waals surface area contributed by atoms with E-state index in [0.717, 1.165) is 5.56 Å². The Balaban J connectivity index is 2.05. The van der Waals surface area contributed by atoms with Gasteiger partial charge in [-0.25, -0.2) is 4.39 Å². The Hall–Kier alpha value is -2.56. The van der Waals surface area contributed by atoms with Gasteiger partial charge in [-0.05, 0) is 35.9 Å². The van der Waals surface area contributed by atoms with Crippen LogP contribution in [0.2, 0.25) is 0 Å². The smallest absolute Gasteiger partial charge is 0.251 e. The van der Waals surface area contributed by atoms with Crippen LogP contribution in [0.25, 0.3) is 0 Å². The highest BCUT2D eigenvalue weighted by molar-refractivity contribution is 5.94. The zero-order valence-electron chi connectivity index (χ0n) is 11.0. The van der Waals surface area contributed by atoms with E-state index in [1.165, 1.54) is 25.3 Å². The number of ether oxygens (including phenoxy) is 1. The molecule has 0 aliphatic rings. The number of amides is 1. The summed E-state index contributed by atoms with van der Waals surface area (Å²) in [5, 5.41) is 2.74. The van der Waals surface area contributed by atoms with Crippen LogP contribution < -0.4 is 15.8 Å². The number of nitrogen functional groups attached to an aromatic ring is 1. The SMILES string of the molecule is COc1cc(C(=O)NCc2cccc(N)c2)ccc1F. The van der Waals surface area contributed by atoms with Gasteiger partial charge in [0.2, 0.25) is 0 Å². The first-order valence-corrected chi connectivity index (χ1v) is 6.06. The van der Waals surface area contributed by atoms with Crippen LogP contribution in [-0.2, 0) is 6.54 Å². The Morgan fingerprint density at radius 3 is 2.80 bits per heavy atom. The highest BCUT2D eigenvalue weighted by Gasteiger charge is 2.09. The summed E-state index contributed by atoms with van der Waals surface area (Å²) >= 11 is 0. The Morgan fingerprint density at radius 2 is 2.10 bits per heavy atom. The van der Waals surface area contributed by atoms with E-state index in [1.807, 2.05) is 12.1 Å². The molecular formula is C15H15FN2O2. The lowest BCUT2D eigenvalue weighted by atomic mass is 10.1. The molecule has 0 saturated carbocycles. The number of nitrogens with one attached hydrogen (secondary N) is 1. The Bertz CT molecular complexity index is 629. The molecule has 3 N–H and O–H groups in total. The summed E-state index contributed by atoms with van der Waals surface area (Å²) in [4.78, 5) is 12.0. The molecule has 0 saturated heterocycles. The average Bonchev–Trinajstić information content (AvgIpc) is 2.45. The summed E-state index contributed by atoms with van der Waals surface area (Å²) in [6.45, 7) is 0.351. The molecule has 0 atom stereocenters. The predicted molar refractivity (Wildman–Crippen MR) is 75.0 cm³/mol. The first-order chi connectivity index (χ1) is 9.60. The fraction of sp³-hybridized carbons (Fsp3) is 0.133. The molecule has 0 radical (unpaired) electrons. The standard InChI is InChI=1S/C15H15FN2O2/c1-20-14-8-11(5-6-13(14)16)15(19)18-9-10-3-2-4-12(17)7-10/h2-8H,9,17H2,1H3,(H,18,19). The normalized spacial score (nSPS) is 10.1. The fourth-order valence-electron chi connectivity index (χ4n) is 1.79. The maximum Gasteiger partial charge on any atom is 0.251 e. The van der Waals surface area contributed by atoms with E-state index in [4.69, 9.17) is 10.5 Å². The minimum absolute atomic E-state index is 0.0432. The topological polar surface area (TPSA) is 64.3 Å². The first kappa shape index (κ1) is 13.9. The number of halogens is 1. The van der Waals surface area contributed by atoms with Gasteiger partial charge in [0.15, 0.2) is 11.6 Å². The molecule has 20 heavy (non-hydrogen) atoms. The third-order valence-electron chi connectivity index (χ3n) is 2.82. The van der Waals surface area contributed by atoms with E-state index >= 15 is 0 Å². The zero-order chi connectivity index (χ0) is 14.5. The molecule has 2 aromatic carbocycles. The molecule has 2 aromatic rings. The number of rotatable bonds is 4. The van der Waals surface area contributed by atoms with Crippen LogP contribution in [0.15, 0.2) is 42.5 Å². The van der Waals surface area contributed by atoms with Crippen molar-refractivity contribution < 1.29 is 13.9 Å². The summed E-state index contributed by atoms with van der Waals surface area (Å²) in [5.41, 5.74) is 7.53. The van der Waals surface area contributed by atoms with Gasteiger partial charge in [-0.2, -0.15) is 0 Å². The number of nitrogens with two attached hydrogens (primary N) is 1. The molecule has 5 heteroatoms. The molecule has 1 amide bonds. The number of carbonyl (C=O) groups excluding carboxylic acids is 1. The number of methoxy groups -OCH3 is 1. The lowest BCUT2D eigenvalue weighted by molar-refractivity contribution is 0.0950. The summed E-state index contributed by atoms with van der Waals surface area (Å²) in [6.07, 6.45) is 0. The van der Waals surface area contributed by atoms with Gasteiger partial charge in [-0.15, -0.1) is 0 Å². The predicted octanol–water partition coefficient (Wildman–Crippen LogP) is 2.35. The molecule has 0 unspecified atom stereocenters. The van der Waals surface area contributed by atoms with Gasteiger partial charge in [0.25, 0.3) is 5.91 Å². The van der Waals surface area contributed by atoms with Crippen molar-refractivity contribution in [3.05, 3.63) is 59.4 Å². The van der Waals surface area contributed by atoms with Crippen LogP contribution in [-0.4, -0.2) is 13.0 Å². The van der Waals surface area contributed by atoms with Crippen molar-refractivity contribution in [2.24, 2.45) is 0 Å². The van der Waals surface area contributed by atoms with Crippen molar-refractivity contribution in [1.29, 1.82) is 0 Å². The van der Waals surface area contributed by atoms with Crippen LogP contribution in [0.4, 0.5) is 10.1 Å². The molecule has 0 fully saturated rings. The van der Waals surface area contributed by atoms with Crippen LogP contribution in [0.5, 0.6) is 5.75 Å². The third-order valence-corrected chi connectivity index (χ3v) is 2.82. The van der Waals surface area contributed by atoms with E-state index in [1.54, 1.807) is 12.1 Å². The summed E-state index contributed by atoms with van der Waals surface area (Å²) in [5.74, 6) is -0.757. The Kier molecular flexibility index (Phi) is 4.20. The zero-order valence-corrected chi connectivity index (χ0v) is 11.0. The van der Waals surface area contributed by atoms with E-state index in [0.29, 0.717) is 17.8 Å². The van der Waals surface area contributed by atoms with Crippen molar-refractivity contribution in [3.8, 4) is 5.75 Å². The second-order valence-corrected chi connectivity index (χ2v) is 4.28. The molecule has 4 nitrogen and oxygen atoms in total. The minimum atomic E-state index is -0.500. The van der Waals surface area contributed by atoms with Gasteiger partial charge in [0.05, 0.1) is 7.11 Å². The highest BCUT2D eigenvalue weighted by Crippen LogP contribution is 2.18. The van der Waals surface area contributed by atoms with E-state index in [-0.39, 0.29) is 11.7 Å². The van der Waals surface area contributed by atoms with Gasteiger partial charge < -0.3 is 15.8 Å². The number of carbonyl (C=O) groups is 1. The Labute approximate surface area is 116 Å². The van der Waals surface area contributed by atoms with Crippen molar-refractivity contribution in [2.45, 2.75) is 6.54 Å². The van der Waals surface area contributed by atoms with Crippen LogP contribution in [0.1, 0.15) is 15.9 Å². The maximum atomic E-state index is 13.3. The largest absolute Gasteiger partial charge is 0.494 e. The molecule has 0 spiro atoms. The first-order valence-electron chi connectivity index (χ1n) is 6.06. The second-order valence-electron chi connectivity index (χ2n) is 4.28. The van der Waals surface area contributed by atoms with Crippen molar-refractivity contribution in [1.82, 2.24) is 5.32 Å². The van der Waals surface area contributed by atoms with Crippen molar-refractivity contribution in [3.63, 3.8) is 0 Å². The highest BCUT2D eigenvalue weighted by atomic mass is 19.1. The fourth-order valence-corrected chi connectivity index (χ4v) is 1.79. The van der Waals surface area contributed by atoms with Crippen molar-refractivity contribution in [2.75, 3.05) is 12.8 Å². The lowest BCUT2D eigenvalue weighted by Crippen LogP contribution is -2.22. The summed E-state index contributed by atoms with van der Waals surface area (Å²) in [6, 6.07) is 11.2. The second kappa shape index (κ2) is 6.06. The molecule has 104 valence electrons. The van der Waals surface area contributed by atoms with E-state index in [2.05, 4.69) is 5.32 Å². The third kappa shape index (κ3) is 3.26. The van der Waals surface area contributed by atoms with Crippen LogP contribution in [0.3, 0.4) is 0 Å². The summed E-state index contributed by atoms with van der Waals surface area (Å²) in [7, 11) is 1.35. The number of hydrogen-bond acceptors (Lipinski definition) is 3. The van der Waals surface area contributed by atoms with Gasteiger partial charge in [-0.1, -0.05) is 12.1 Å². The Morgan fingerprint density at radius 1 is 1.30 bits per heavy atom. The number of hydrogen-bond donors (Lipinski definition) is 2. The van der Waals surface area contributed by atoms with Gasteiger partial charge in [-0.3, -0.25) is 4.79 Å². The van der Waals surface area contributed by atoms with E-state index < -0.39 is 5.82 Å². The number of benzene rings is 2. The molecule has 0 aliphatic carbocycles. The molecule has 0 aromatic heterocycles. The molecule has 0 bridgehead atoms. The maximum absolute atomic E-state index is 13.3. The van der Waals surface area contributed by atoms with Crippen LogP contribution >= 0.6 is 0 Å². The minimum Gasteiger partial charge on any atom is -0.494 e. The van der Waals surface area contributed by atoms with Crippen molar-refractivity contribution >= 4 is 11.6 Å². The monoisotopic (exact) mass is 274 g/mol. The van der Waals surface area contributed by atoms with Gasteiger partial charge in [0.1, 0.15) is 0 Å². The van der Waals surface area contributed by atoms with Crippen LogP contribution in [0, 0.1) is 5.82 Å². The number of anilines is 1. The van der Waals surface area contributed by atoms with E-state index in [9.17, 15) is 9.18 Å². The molecule has 2 rings (SSSR count). The quantitative estimate of drug-likeness (QED) is 0.841. The average molecular weight is 274 g/mol. The molecular weight excluding hydrogens is 259 g/mol. The molecule has 0 heterocycles. The lowest BCUT2D eigenvalue weighted by Gasteiger charge is -2.08. The van der Waals surface area contributed by atoms with Gasteiger partial charge >= 0.3 is 0 Å².